The van der Waals surface area contributed by atoms with Crippen LogP contribution in [-0.4, -0.2) is 23.1 Å². The van der Waals surface area contributed by atoms with Crippen molar-refractivity contribution in [3.05, 3.63) is 0 Å². The highest BCUT2D eigenvalue weighted by molar-refractivity contribution is 5.72. The molecular formula is C15H26O4. The molecule has 4 nitrogen and oxygen atoms in total. The van der Waals surface area contributed by atoms with Gasteiger partial charge in [-0.1, -0.05) is 13.8 Å². The fourth-order valence-electron chi connectivity index (χ4n) is 2.71. The Balaban J connectivity index is 2.60. The maximum absolute atomic E-state index is 12.1. The number of rotatable bonds is 6. The third-order valence-corrected chi connectivity index (χ3v) is 4.15. The molecule has 0 radical (unpaired) electrons. The third kappa shape index (κ3) is 4.51. The van der Waals surface area contributed by atoms with E-state index in [1.165, 1.54) is 6.92 Å². The molecule has 110 valence electrons. The lowest BCUT2D eigenvalue weighted by molar-refractivity contribution is -0.171. The van der Waals surface area contributed by atoms with Crippen molar-refractivity contribution in [2.24, 2.45) is 0 Å². The normalized spacial score (nSPS) is 20.6. The number of carbonyl (C=O) groups is 2. The fraction of sp³-hybridized carbons (Fsp3) is 0.867. The largest absolute Gasteiger partial charge is 0.459 e. The van der Waals surface area contributed by atoms with Gasteiger partial charge < -0.3 is 9.47 Å². The van der Waals surface area contributed by atoms with Crippen LogP contribution in [0.4, 0.5) is 0 Å². The average molecular weight is 270 g/mol. The summed E-state index contributed by atoms with van der Waals surface area (Å²) in [7, 11) is 0. The van der Waals surface area contributed by atoms with Crippen LogP contribution < -0.4 is 0 Å². The third-order valence-electron chi connectivity index (χ3n) is 4.15. The van der Waals surface area contributed by atoms with Crippen LogP contribution in [-0.2, 0) is 19.1 Å². The second kappa shape index (κ2) is 6.40. The molecule has 0 bridgehead atoms. The number of carbonyl (C=O) groups excluding carboxylic acids is 2. The van der Waals surface area contributed by atoms with E-state index in [-0.39, 0.29) is 24.0 Å². The van der Waals surface area contributed by atoms with E-state index in [1.807, 2.05) is 6.92 Å². The van der Waals surface area contributed by atoms with Crippen molar-refractivity contribution in [1.29, 1.82) is 0 Å². The molecule has 1 aliphatic carbocycles. The molecule has 0 aliphatic heterocycles. The van der Waals surface area contributed by atoms with Gasteiger partial charge in [0.2, 0.25) is 0 Å². The first-order valence-electron chi connectivity index (χ1n) is 7.26. The van der Waals surface area contributed by atoms with E-state index in [4.69, 9.17) is 9.47 Å². The first-order chi connectivity index (χ1) is 8.85. The Morgan fingerprint density at radius 3 is 2.21 bits per heavy atom. The molecule has 0 spiro atoms. The minimum Gasteiger partial charge on any atom is -0.459 e. The Kier molecular flexibility index (Phi) is 5.39. The van der Waals surface area contributed by atoms with Crippen LogP contribution in [0.1, 0.15) is 72.6 Å². The average Bonchev–Trinajstić information content (AvgIpc) is 2.76. The second-order valence-electron chi connectivity index (χ2n) is 5.79. The quantitative estimate of drug-likeness (QED) is 0.694. The van der Waals surface area contributed by atoms with Crippen molar-refractivity contribution in [2.75, 3.05) is 0 Å². The van der Waals surface area contributed by atoms with Crippen LogP contribution in [0, 0.1) is 0 Å². The van der Waals surface area contributed by atoms with Crippen LogP contribution in [0.5, 0.6) is 0 Å². The molecule has 0 aromatic heterocycles. The summed E-state index contributed by atoms with van der Waals surface area (Å²) in [5.41, 5.74) is -1.03. The van der Waals surface area contributed by atoms with Crippen molar-refractivity contribution in [3.63, 3.8) is 0 Å². The molecule has 4 heteroatoms. The van der Waals surface area contributed by atoms with Crippen LogP contribution in [0.15, 0.2) is 0 Å². The van der Waals surface area contributed by atoms with Crippen molar-refractivity contribution >= 4 is 11.9 Å². The minimum atomic E-state index is -0.754. The Bertz CT molecular complexity index is 331. The van der Waals surface area contributed by atoms with Crippen molar-refractivity contribution in [3.8, 4) is 0 Å². The molecule has 1 aliphatic rings. The number of hydrogen-bond acceptors (Lipinski definition) is 4. The summed E-state index contributed by atoms with van der Waals surface area (Å²) in [4.78, 5) is 23.2. The van der Waals surface area contributed by atoms with Crippen LogP contribution in [0.3, 0.4) is 0 Å². The smallest absolute Gasteiger partial charge is 0.310 e. The van der Waals surface area contributed by atoms with Crippen molar-refractivity contribution in [1.82, 2.24) is 0 Å². The van der Waals surface area contributed by atoms with Crippen molar-refractivity contribution < 1.29 is 19.1 Å². The first kappa shape index (κ1) is 16.0. The summed E-state index contributed by atoms with van der Waals surface area (Å²) in [6.07, 6.45) is 5.73. The zero-order valence-electron chi connectivity index (χ0n) is 12.6. The summed E-state index contributed by atoms with van der Waals surface area (Å²) in [5, 5.41) is 0. The molecule has 0 N–H and O–H groups in total. The Labute approximate surface area is 115 Å². The van der Waals surface area contributed by atoms with E-state index in [0.717, 1.165) is 32.1 Å². The van der Waals surface area contributed by atoms with Gasteiger partial charge in [-0.05, 0) is 45.4 Å². The van der Waals surface area contributed by atoms with E-state index >= 15 is 0 Å². The van der Waals surface area contributed by atoms with Gasteiger partial charge in [0.15, 0.2) is 0 Å². The lowest BCUT2D eigenvalue weighted by atomic mass is 9.96. The molecule has 0 heterocycles. The number of hydrogen-bond donors (Lipinski definition) is 0. The zero-order chi connectivity index (χ0) is 14.5. The van der Waals surface area contributed by atoms with E-state index in [1.54, 1.807) is 6.92 Å². The second-order valence-corrected chi connectivity index (χ2v) is 5.79. The summed E-state index contributed by atoms with van der Waals surface area (Å²) >= 11 is 0. The minimum absolute atomic E-state index is 0.130. The monoisotopic (exact) mass is 270 g/mol. The lowest BCUT2D eigenvalue weighted by Crippen LogP contribution is -2.37. The predicted molar refractivity (Wildman–Crippen MR) is 72.7 cm³/mol. The Morgan fingerprint density at radius 1 is 1.21 bits per heavy atom. The van der Waals surface area contributed by atoms with E-state index in [9.17, 15) is 9.59 Å². The number of ether oxygens (including phenoxy) is 2. The molecule has 0 aromatic carbocycles. The standard InChI is InChI=1S/C15H26O4/c1-5-14(4,18-12(3)16)11-13(17)19-15(6-2)9-7-8-10-15/h5-11H2,1-4H3. The number of esters is 2. The van der Waals surface area contributed by atoms with Crippen molar-refractivity contribution in [2.45, 2.75) is 83.8 Å². The van der Waals surface area contributed by atoms with Gasteiger partial charge in [0.1, 0.15) is 11.2 Å². The van der Waals surface area contributed by atoms with Gasteiger partial charge in [-0.2, -0.15) is 0 Å². The van der Waals surface area contributed by atoms with Crippen LogP contribution in [0.2, 0.25) is 0 Å². The maximum atomic E-state index is 12.1. The van der Waals surface area contributed by atoms with E-state index in [0.29, 0.717) is 6.42 Å². The molecule has 1 fully saturated rings. The van der Waals surface area contributed by atoms with Gasteiger partial charge in [0, 0.05) is 6.92 Å². The maximum Gasteiger partial charge on any atom is 0.310 e. The highest BCUT2D eigenvalue weighted by atomic mass is 16.6. The first-order valence-corrected chi connectivity index (χ1v) is 7.26. The topological polar surface area (TPSA) is 52.6 Å². The molecule has 1 unspecified atom stereocenters. The van der Waals surface area contributed by atoms with Crippen LogP contribution in [0.25, 0.3) is 0 Å². The summed E-state index contributed by atoms with van der Waals surface area (Å²) < 4.78 is 10.9. The van der Waals surface area contributed by atoms with Gasteiger partial charge in [-0.15, -0.1) is 0 Å². The lowest BCUT2D eigenvalue weighted by Gasteiger charge is -2.31. The predicted octanol–water partition coefficient (Wildman–Crippen LogP) is 3.37. The summed E-state index contributed by atoms with van der Waals surface area (Å²) in [5.74, 6) is -0.613. The summed E-state index contributed by atoms with van der Waals surface area (Å²) in [6, 6.07) is 0. The molecule has 0 aromatic rings. The Hall–Kier alpha value is -1.06. The molecule has 1 saturated carbocycles. The van der Waals surface area contributed by atoms with Gasteiger partial charge in [-0.25, -0.2) is 0 Å². The zero-order valence-corrected chi connectivity index (χ0v) is 12.6. The van der Waals surface area contributed by atoms with Gasteiger partial charge >= 0.3 is 11.9 Å². The Morgan fingerprint density at radius 2 is 1.79 bits per heavy atom. The van der Waals surface area contributed by atoms with E-state index < -0.39 is 5.60 Å². The molecule has 19 heavy (non-hydrogen) atoms. The molecule has 0 amide bonds. The van der Waals surface area contributed by atoms with Gasteiger partial charge in [0.05, 0.1) is 6.42 Å². The molecule has 0 saturated heterocycles. The summed E-state index contributed by atoms with van der Waals surface area (Å²) in [6.45, 7) is 7.11. The highest BCUT2D eigenvalue weighted by Gasteiger charge is 2.38. The fourth-order valence-corrected chi connectivity index (χ4v) is 2.71. The molecular weight excluding hydrogens is 244 g/mol. The molecule has 1 atom stereocenters. The van der Waals surface area contributed by atoms with Gasteiger partial charge in [0.25, 0.3) is 0 Å². The SMILES string of the molecule is CCC(C)(CC(=O)OC1(CC)CCCC1)OC(C)=O. The van der Waals surface area contributed by atoms with Crippen LogP contribution >= 0.6 is 0 Å². The molecule has 1 rings (SSSR count). The van der Waals surface area contributed by atoms with Gasteiger partial charge in [-0.3, -0.25) is 9.59 Å². The van der Waals surface area contributed by atoms with E-state index in [2.05, 4.69) is 6.92 Å². The highest BCUT2D eigenvalue weighted by Crippen LogP contribution is 2.37.